The predicted octanol–water partition coefficient (Wildman–Crippen LogP) is 3.36. The fraction of sp³-hybridized carbons (Fsp3) is 0.250. The molecule has 1 atom stereocenters. The van der Waals surface area contributed by atoms with Gasteiger partial charge < -0.3 is 5.73 Å². The van der Waals surface area contributed by atoms with Gasteiger partial charge in [0.1, 0.15) is 23.0 Å². The van der Waals surface area contributed by atoms with Crippen LogP contribution in [0.2, 0.25) is 5.02 Å². The highest BCUT2D eigenvalue weighted by Gasteiger charge is 2.41. The second-order valence-corrected chi connectivity index (χ2v) is 8.45. The summed E-state index contributed by atoms with van der Waals surface area (Å²) in [5, 5.41) is 19.2. The van der Waals surface area contributed by atoms with Crippen LogP contribution in [0.4, 0.5) is 11.5 Å². The van der Waals surface area contributed by atoms with Crippen molar-refractivity contribution in [3.63, 3.8) is 0 Å². The highest BCUT2D eigenvalue weighted by molar-refractivity contribution is 8.00. The molecule has 4 rings (SSSR count). The molecule has 0 radical (unpaired) electrons. The minimum Gasteiger partial charge on any atom is -0.383 e. The lowest BCUT2D eigenvalue weighted by atomic mass is 10.0. The number of thioether (sulfide) groups is 1. The molecule has 2 N–H and O–H groups in total. The van der Waals surface area contributed by atoms with E-state index in [4.69, 9.17) is 17.3 Å². The molecule has 2 fully saturated rings. The number of aromatic nitrogens is 1. The van der Waals surface area contributed by atoms with Crippen LogP contribution in [0.15, 0.2) is 29.3 Å². The first-order valence-electron chi connectivity index (χ1n) is 8.87. The van der Waals surface area contributed by atoms with Crippen molar-refractivity contribution in [1.82, 2.24) is 4.98 Å². The Morgan fingerprint density at radius 2 is 1.79 bits per heavy atom. The Hall–Kier alpha value is -3.07. The summed E-state index contributed by atoms with van der Waals surface area (Å²) in [6.45, 7) is 0. The van der Waals surface area contributed by atoms with Gasteiger partial charge in [0.05, 0.1) is 22.1 Å². The Balaban J connectivity index is 1.67. The minimum absolute atomic E-state index is 0.0165. The first-order chi connectivity index (χ1) is 13.9. The Bertz CT molecular complexity index is 1120. The van der Waals surface area contributed by atoms with Crippen LogP contribution in [-0.2, 0) is 9.59 Å². The number of halogens is 1. The third-order valence-electron chi connectivity index (χ3n) is 4.88. The largest absolute Gasteiger partial charge is 0.383 e. The summed E-state index contributed by atoms with van der Waals surface area (Å²) in [7, 11) is 0. The van der Waals surface area contributed by atoms with Crippen LogP contribution < -0.4 is 10.6 Å². The molecule has 2 heterocycles. The van der Waals surface area contributed by atoms with E-state index >= 15 is 0 Å². The number of nitrogens with zero attached hydrogens (tertiary/aromatic N) is 4. The van der Waals surface area contributed by atoms with Crippen molar-refractivity contribution in [3.8, 4) is 12.1 Å². The monoisotopic (exact) mass is 423 g/mol. The molecule has 1 aromatic carbocycles. The Morgan fingerprint density at radius 3 is 2.38 bits per heavy atom. The predicted molar refractivity (Wildman–Crippen MR) is 108 cm³/mol. The van der Waals surface area contributed by atoms with Crippen molar-refractivity contribution in [2.45, 2.75) is 35.5 Å². The first-order valence-corrected chi connectivity index (χ1v) is 10.1. The molecule has 2 aromatic rings. The summed E-state index contributed by atoms with van der Waals surface area (Å²) in [6, 6.07) is 10.6. The minimum atomic E-state index is -0.725. The maximum absolute atomic E-state index is 12.9. The second kappa shape index (κ2) is 7.40. The summed E-state index contributed by atoms with van der Waals surface area (Å²) in [5.74, 6) is -0.570. The number of hydrogen-bond acceptors (Lipinski definition) is 7. The molecule has 1 aliphatic carbocycles. The first kappa shape index (κ1) is 19.3. The van der Waals surface area contributed by atoms with Gasteiger partial charge in [-0.2, -0.15) is 10.5 Å². The number of rotatable bonds is 4. The standard InChI is InChI=1S/C20H14ClN5O2S/c21-11-3-5-12(6-4-11)26-16(27)7-15(20(26)28)29-19-14(9-23)17(10-1-2-10)13(8-22)18(24)25-19/h3-6,10,15H,1-2,7H2,(H2,24,25)/t15-/m1/s1. The van der Waals surface area contributed by atoms with Gasteiger partial charge >= 0.3 is 0 Å². The third-order valence-corrected chi connectivity index (χ3v) is 6.31. The lowest BCUT2D eigenvalue weighted by Gasteiger charge is -2.16. The van der Waals surface area contributed by atoms with E-state index < -0.39 is 5.25 Å². The molecule has 1 saturated carbocycles. The number of benzene rings is 1. The number of nitriles is 2. The van der Waals surface area contributed by atoms with Gasteiger partial charge in [-0.15, -0.1) is 0 Å². The Morgan fingerprint density at radius 1 is 1.14 bits per heavy atom. The average Bonchev–Trinajstić information content (AvgIpc) is 3.49. The van der Waals surface area contributed by atoms with Gasteiger partial charge in [0, 0.05) is 11.4 Å². The SMILES string of the molecule is N#Cc1c(N)nc(S[C@@H]2CC(=O)N(c3ccc(Cl)cc3)C2=O)c(C#N)c1C1CC1. The normalized spacial score (nSPS) is 18.6. The zero-order valence-electron chi connectivity index (χ0n) is 15.1. The molecule has 1 aliphatic heterocycles. The van der Waals surface area contributed by atoms with Crippen molar-refractivity contribution in [2.24, 2.45) is 0 Å². The van der Waals surface area contributed by atoms with E-state index in [1.54, 1.807) is 24.3 Å². The molecule has 144 valence electrons. The van der Waals surface area contributed by atoms with E-state index in [1.165, 1.54) is 0 Å². The van der Waals surface area contributed by atoms with Crippen molar-refractivity contribution in [3.05, 3.63) is 46.0 Å². The van der Waals surface area contributed by atoms with Crippen LogP contribution >= 0.6 is 23.4 Å². The molecule has 1 saturated heterocycles. The van der Waals surface area contributed by atoms with E-state index in [2.05, 4.69) is 11.1 Å². The lowest BCUT2D eigenvalue weighted by molar-refractivity contribution is -0.121. The fourth-order valence-electron chi connectivity index (χ4n) is 3.38. The van der Waals surface area contributed by atoms with E-state index in [0.29, 0.717) is 16.3 Å². The lowest BCUT2D eigenvalue weighted by Crippen LogP contribution is -2.31. The molecular weight excluding hydrogens is 410 g/mol. The highest BCUT2D eigenvalue weighted by atomic mass is 35.5. The molecule has 0 spiro atoms. The van der Waals surface area contributed by atoms with Crippen LogP contribution in [0.1, 0.15) is 41.9 Å². The van der Waals surface area contributed by atoms with Gasteiger partial charge in [-0.25, -0.2) is 9.88 Å². The summed E-state index contributed by atoms with van der Waals surface area (Å²) in [5.41, 5.74) is 7.51. The molecule has 7 nitrogen and oxygen atoms in total. The van der Waals surface area contributed by atoms with E-state index in [9.17, 15) is 20.1 Å². The molecule has 0 unspecified atom stereocenters. The summed E-state index contributed by atoms with van der Waals surface area (Å²) in [4.78, 5) is 30.7. The summed E-state index contributed by atoms with van der Waals surface area (Å²) >= 11 is 6.93. The average molecular weight is 424 g/mol. The molecule has 0 bridgehead atoms. The van der Waals surface area contributed by atoms with Crippen LogP contribution in [0.3, 0.4) is 0 Å². The maximum atomic E-state index is 12.9. The second-order valence-electron chi connectivity index (χ2n) is 6.82. The van der Waals surface area contributed by atoms with E-state index in [1.807, 2.05) is 6.07 Å². The van der Waals surface area contributed by atoms with E-state index in [-0.39, 0.29) is 46.1 Å². The number of imide groups is 1. The highest BCUT2D eigenvalue weighted by Crippen LogP contribution is 2.46. The Labute approximate surface area is 176 Å². The van der Waals surface area contributed by atoms with Gasteiger partial charge in [0.2, 0.25) is 11.8 Å². The van der Waals surface area contributed by atoms with Gasteiger partial charge in [-0.05, 0) is 48.6 Å². The number of nitrogens with two attached hydrogens (primary N) is 1. The van der Waals surface area contributed by atoms with Crippen molar-refractivity contribution in [1.29, 1.82) is 10.5 Å². The van der Waals surface area contributed by atoms with Crippen molar-refractivity contribution >= 4 is 46.7 Å². The maximum Gasteiger partial charge on any atom is 0.247 e. The van der Waals surface area contributed by atoms with Gasteiger partial charge in [-0.1, -0.05) is 23.4 Å². The zero-order valence-corrected chi connectivity index (χ0v) is 16.6. The van der Waals surface area contributed by atoms with Crippen LogP contribution in [-0.4, -0.2) is 22.0 Å². The molecule has 2 amide bonds. The summed E-state index contributed by atoms with van der Waals surface area (Å²) < 4.78 is 0. The summed E-state index contributed by atoms with van der Waals surface area (Å²) in [6.07, 6.45) is 1.74. The van der Waals surface area contributed by atoms with Crippen molar-refractivity contribution < 1.29 is 9.59 Å². The van der Waals surface area contributed by atoms with Gasteiger partial charge in [0.25, 0.3) is 0 Å². The number of anilines is 2. The fourth-order valence-corrected chi connectivity index (χ4v) is 4.63. The Kier molecular flexibility index (Phi) is 4.91. The van der Waals surface area contributed by atoms with Crippen LogP contribution in [0, 0.1) is 22.7 Å². The van der Waals surface area contributed by atoms with Gasteiger partial charge in [0.15, 0.2) is 0 Å². The van der Waals surface area contributed by atoms with E-state index in [0.717, 1.165) is 29.5 Å². The number of carbonyl (C=O) groups excluding carboxylic acids is 2. The molecular formula is C20H14ClN5O2S. The topological polar surface area (TPSA) is 124 Å². The number of hydrogen-bond donors (Lipinski definition) is 1. The number of amides is 2. The molecule has 29 heavy (non-hydrogen) atoms. The van der Waals surface area contributed by atoms with Crippen molar-refractivity contribution in [2.75, 3.05) is 10.6 Å². The quantitative estimate of drug-likeness (QED) is 0.747. The smallest absolute Gasteiger partial charge is 0.247 e. The van der Waals surface area contributed by atoms with Crippen LogP contribution in [0.25, 0.3) is 0 Å². The van der Waals surface area contributed by atoms with Crippen LogP contribution in [0.5, 0.6) is 0 Å². The molecule has 9 heteroatoms. The zero-order chi connectivity index (χ0) is 20.7. The number of carbonyl (C=O) groups is 2. The molecule has 2 aliphatic rings. The van der Waals surface area contributed by atoms with Gasteiger partial charge in [-0.3, -0.25) is 9.59 Å². The number of nitrogen functional groups attached to an aromatic ring is 1. The third kappa shape index (κ3) is 3.42. The molecule has 1 aromatic heterocycles. The number of pyridine rings is 1.